The molecule has 2 nitrogen and oxygen atoms in total. The second-order valence-electron chi connectivity index (χ2n) is 5.28. The van der Waals surface area contributed by atoms with Crippen LogP contribution in [0, 0.1) is 11.8 Å². The summed E-state index contributed by atoms with van der Waals surface area (Å²) in [6, 6.07) is 6.47. The van der Waals surface area contributed by atoms with Crippen LogP contribution in [0.5, 0.6) is 5.75 Å². The van der Waals surface area contributed by atoms with E-state index in [9.17, 15) is 5.11 Å². The van der Waals surface area contributed by atoms with E-state index in [4.69, 9.17) is 4.74 Å². The number of hydrogen-bond acceptors (Lipinski definition) is 2. The second kappa shape index (κ2) is 5.54. The summed E-state index contributed by atoms with van der Waals surface area (Å²) in [6.07, 6.45) is 3.19. The fraction of sp³-hybridized carbons (Fsp3) is 0.600. The standard InChI is InChI=1S/C15H22O2/c1-11(2)14(10-16)9-12-5-6-15-13(8-12)4-3-7-17-15/h5-6,8,11,14,16H,3-4,7,9-10H2,1-2H3. The minimum absolute atomic E-state index is 0.269. The third kappa shape index (κ3) is 3.01. The van der Waals surface area contributed by atoms with Gasteiger partial charge in [0.05, 0.1) is 6.61 Å². The van der Waals surface area contributed by atoms with Crippen molar-refractivity contribution in [3.05, 3.63) is 29.3 Å². The third-order valence-electron chi connectivity index (χ3n) is 3.65. The molecular weight excluding hydrogens is 212 g/mol. The summed E-state index contributed by atoms with van der Waals surface area (Å²) in [6.45, 7) is 5.45. The van der Waals surface area contributed by atoms with E-state index >= 15 is 0 Å². The van der Waals surface area contributed by atoms with Gasteiger partial charge in [-0.3, -0.25) is 0 Å². The molecule has 0 radical (unpaired) electrons. The van der Waals surface area contributed by atoms with E-state index < -0.39 is 0 Å². The molecule has 2 rings (SSSR count). The predicted octanol–water partition coefficient (Wildman–Crippen LogP) is 2.82. The van der Waals surface area contributed by atoms with E-state index in [0.717, 1.165) is 31.6 Å². The van der Waals surface area contributed by atoms with Crippen LogP contribution in [0.4, 0.5) is 0 Å². The maximum atomic E-state index is 9.37. The van der Waals surface area contributed by atoms with Crippen molar-refractivity contribution in [2.45, 2.75) is 33.1 Å². The van der Waals surface area contributed by atoms with Gasteiger partial charge in [0.25, 0.3) is 0 Å². The summed E-state index contributed by atoms with van der Waals surface area (Å²) in [5.41, 5.74) is 2.65. The molecule has 0 fully saturated rings. The van der Waals surface area contributed by atoms with Gasteiger partial charge in [0.1, 0.15) is 5.75 Å². The first-order chi connectivity index (χ1) is 8.20. The Bertz CT molecular complexity index is 371. The van der Waals surface area contributed by atoms with Gasteiger partial charge in [-0.2, -0.15) is 0 Å². The van der Waals surface area contributed by atoms with Crippen molar-refractivity contribution in [3.63, 3.8) is 0 Å². The fourth-order valence-corrected chi connectivity index (χ4v) is 2.35. The third-order valence-corrected chi connectivity index (χ3v) is 3.65. The lowest BCUT2D eigenvalue weighted by Crippen LogP contribution is -2.16. The van der Waals surface area contributed by atoms with Crippen LogP contribution in [0.25, 0.3) is 0 Å². The Hall–Kier alpha value is -1.02. The molecule has 0 aromatic heterocycles. The molecule has 1 unspecified atom stereocenters. The van der Waals surface area contributed by atoms with Crippen LogP contribution in [0.1, 0.15) is 31.4 Å². The van der Waals surface area contributed by atoms with Crippen LogP contribution in [0.3, 0.4) is 0 Å². The summed E-state index contributed by atoms with van der Waals surface area (Å²) >= 11 is 0. The van der Waals surface area contributed by atoms with Crippen molar-refractivity contribution >= 4 is 0 Å². The second-order valence-corrected chi connectivity index (χ2v) is 5.28. The van der Waals surface area contributed by atoms with Crippen molar-refractivity contribution in [1.29, 1.82) is 0 Å². The van der Waals surface area contributed by atoms with Crippen LogP contribution in [-0.4, -0.2) is 18.3 Å². The zero-order chi connectivity index (χ0) is 12.3. The molecule has 0 aliphatic carbocycles. The Labute approximate surface area is 104 Å². The summed E-state index contributed by atoms with van der Waals surface area (Å²) in [5, 5.41) is 9.37. The summed E-state index contributed by atoms with van der Waals surface area (Å²) in [5.74, 6) is 1.93. The van der Waals surface area contributed by atoms with Gasteiger partial charge in [-0.15, -0.1) is 0 Å². The lowest BCUT2D eigenvalue weighted by atomic mass is 9.89. The molecule has 1 aliphatic heterocycles. The Morgan fingerprint density at radius 1 is 1.35 bits per heavy atom. The molecule has 0 saturated heterocycles. The smallest absolute Gasteiger partial charge is 0.122 e. The molecule has 94 valence electrons. The van der Waals surface area contributed by atoms with Crippen LogP contribution in [-0.2, 0) is 12.8 Å². The SMILES string of the molecule is CC(C)C(CO)Cc1ccc2c(c1)CCCO2. The zero-order valence-electron chi connectivity index (χ0n) is 10.8. The van der Waals surface area contributed by atoms with Gasteiger partial charge in [0.15, 0.2) is 0 Å². The van der Waals surface area contributed by atoms with E-state index in [1.165, 1.54) is 11.1 Å². The monoisotopic (exact) mass is 234 g/mol. The number of hydrogen-bond donors (Lipinski definition) is 1. The first-order valence-electron chi connectivity index (χ1n) is 6.56. The van der Waals surface area contributed by atoms with E-state index in [0.29, 0.717) is 11.8 Å². The van der Waals surface area contributed by atoms with Gasteiger partial charge in [-0.1, -0.05) is 26.0 Å². The van der Waals surface area contributed by atoms with Gasteiger partial charge in [-0.25, -0.2) is 0 Å². The molecular formula is C15H22O2. The highest BCUT2D eigenvalue weighted by molar-refractivity contribution is 5.38. The number of rotatable bonds is 4. The molecule has 0 bridgehead atoms. The van der Waals surface area contributed by atoms with E-state index in [1.54, 1.807) is 0 Å². The molecule has 1 atom stereocenters. The van der Waals surface area contributed by atoms with Gasteiger partial charge in [0, 0.05) is 6.61 Å². The van der Waals surface area contributed by atoms with E-state index in [1.807, 2.05) is 0 Å². The Morgan fingerprint density at radius 2 is 2.18 bits per heavy atom. The molecule has 1 N–H and O–H groups in total. The average molecular weight is 234 g/mol. The van der Waals surface area contributed by atoms with Crippen LogP contribution >= 0.6 is 0 Å². The predicted molar refractivity (Wildman–Crippen MR) is 69.4 cm³/mol. The minimum Gasteiger partial charge on any atom is -0.493 e. The van der Waals surface area contributed by atoms with Crippen molar-refractivity contribution < 1.29 is 9.84 Å². The highest BCUT2D eigenvalue weighted by atomic mass is 16.5. The number of aryl methyl sites for hydroxylation is 1. The maximum absolute atomic E-state index is 9.37. The molecule has 17 heavy (non-hydrogen) atoms. The largest absolute Gasteiger partial charge is 0.493 e. The highest BCUT2D eigenvalue weighted by Gasteiger charge is 2.15. The minimum atomic E-state index is 0.269. The molecule has 2 heteroatoms. The lowest BCUT2D eigenvalue weighted by Gasteiger charge is -2.21. The molecule has 1 heterocycles. The number of aliphatic hydroxyl groups excluding tert-OH is 1. The normalized spacial score (nSPS) is 16.5. The topological polar surface area (TPSA) is 29.5 Å². The van der Waals surface area contributed by atoms with Crippen LogP contribution < -0.4 is 4.74 Å². The summed E-state index contributed by atoms with van der Waals surface area (Å²) in [4.78, 5) is 0. The first-order valence-corrected chi connectivity index (χ1v) is 6.56. The molecule has 1 aromatic carbocycles. The molecule has 1 aliphatic rings. The number of fused-ring (bicyclic) bond motifs is 1. The van der Waals surface area contributed by atoms with Crippen LogP contribution in [0.2, 0.25) is 0 Å². The summed E-state index contributed by atoms with van der Waals surface area (Å²) < 4.78 is 5.61. The molecule has 0 spiro atoms. The van der Waals surface area contributed by atoms with E-state index in [2.05, 4.69) is 32.0 Å². The number of benzene rings is 1. The van der Waals surface area contributed by atoms with Gasteiger partial charge >= 0.3 is 0 Å². The highest BCUT2D eigenvalue weighted by Crippen LogP contribution is 2.27. The van der Waals surface area contributed by atoms with Gasteiger partial charge < -0.3 is 9.84 Å². The average Bonchev–Trinajstić information content (AvgIpc) is 2.35. The Kier molecular flexibility index (Phi) is 4.06. The first kappa shape index (κ1) is 12.4. The lowest BCUT2D eigenvalue weighted by molar-refractivity contribution is 0.189. The number of aliphatic hydroxyl groups is 1. The summed E-state index contributed by atoms with van der Waals surface area (Å²) in [7, 11) is 0. The van der Waals surface area contributed by atoms with Crippen LogP contribution in [0.15, 0.2) is 18.2 Å². The van der Waals surface area contributed by atoms with Crippen molar-refractivity contribution in [1.82, 2.24) is 0 Å². The molecule has 0 saturated carbocycles. The van der Waals surface area contributed by atoms with Gasteiger partial charge in [0.2, 0.25) is 0 Å². The quantitative estimate of drug-likeness (QED) is 0.868. The van der Waals surface area contributed by atoms with E-state index in [-0.39, 0.29) is 6.61 Å². The zero-order valence-corrected chi connectivity index (χ0v) is 10.8. The fourth-order valence-electron chi connectivity index (χ4n) is 2.35. The van der Waals surface area contributed by atoms with Crippen molar-refractivity contribution in [2.75, 3.05) is 13.2 Å². The van der Waals surface area contributed by atoms with Crippen molar-refractivity contribution in [3.8, 4) is 5.75 Å². The molecule has 1 aromatic rings. The molecule has 0 amide bonds. The van der Waals surface area contributed by atoms with Gasteiger partial charge in [-0.05, 0) is 48.3 Å². The Morgan fingerprint density at radius 3 is 2.88 bits per heavy atom. The maximum Gasteiger partial charge on any atom is 0.122 e. The number of ether oxygens (including phenoxy) is 1. The Balaban J connectivity index is 2.11. The van der Waals surface area contributed by atoms with Crippen molar-refractivity contribution in [2.24, 2.45) is 11.8 Å².